The minimum Gasteiger partial charge on any atom is -0.351 e. The number of thiocarbonyl (C=S) groups is 1. The minimum atomic E-state index is -0.589. The molecule has 0 bridgehead atoms. The minimum absolute atomic E-state index is 0.453. The highest BCUT2D eigenvalue weighted by molar-refractivity contribution is 8.23. The van der Waals surface area contributed by atoms with Crippen LogP contribution in [0.1, 0.15) is 13.3 Å². The summed E-state index contributed by atoms with van der Waals surface area (Å²) in [5.74, 6) is 0.916. The summed E-state index contributed by atoms with van der Waals surface area (Å²) in [5, 5.41) is 2.31. The Balaban J connectivity index is 3.35. The van der Waals surface area contributed by atoms with Gasteiger partial charge in [-0.2, -0.15) is 0 Å². The van der Waals surface area contributed by atoms with Crippen LogP contribution in [-0.2, 0) is 0 Å². The third kappa shape index (κ3) is 5.84. The lowest BCUT2D eigenvalue weighted by Crippen LogP contribution is -2.32. The molecule has 0 aromatic rings. The number of carbonyl (C=O) groups excluding carboxylic acids is 1. The van der Waals surface area contributed by atoms with E-state index in [-0.39, 0.29) is 0 Å². The molecule has 0 aliphatic rings. The Bertz CT molecular complexity index is 138. The molecule has 58 valence electrons. The van der Waals surface area contributed by atoms with Gasteiger partial charge in [0.15, 0.2) is 0 Å². The average molecular weight is 178 g/mol. The number of nitrogens with two attached hydrogens (primary N) is 1. The van der Waals surface area contributed by atoms with E-state index in [2.05, 4.69) is 5.32 Å². The molecular weight excluding hydrogens is 168 g/mol. The molecule has 10 heavy (non-hydrogen) atoms. The van der Waals surface area contributed by atoms with Crippen LogP contribution in [0.25, 0.3) is 0 Å². The summed E-state index contributed by atoms with van der Waals surface area (Å²) in [5.41, 5.74) is 4.81. The van der Waals surface area contributed by atoms with Gasteiger partial charge in [0.2, 0.25) is 0 Å². The molecule has 0 fully saturated rings. The van der Waals surface area contributed by atoms with Crippen LogP contribution in [0.15, 0.2) is 0 Å². The average Bonchev–Trinajstić information content (AvgIpc) is 1.82. The van der Waals surface area contributed by atoms with Gasteiger partial charge >= 0.3 is 6.03 Å². The number of urea groups is 1. The Labute approximate surface area is 69.7 Å². The first kappa shape index (κ1) is 9.71. The number of nitrogens with one attached hydrogen (secondary N) is 1. The molecule has 0 aromatic carbocycles. The molecule has 0 aliphatic carbocycles. The van der Waals surface area contributed by atoms with E-state index < -0.39 is 6.03 Å². The van der Waals surface area contributed by atoms with E-state index in [1.54, 1.807) is 0 Å². The standard InChI is InChI=1S/C5H10N2OS2/c1-2-3-10-5(9)7-4(6)8/h2-3H2,1H3,(H3,6,7,8,9). The third-order valence-corrected chi connectivity index (χ3v) is 2.09. The first-order chi connectivity index (χ1) is 4.66. The van der Waals surface area contributed by atoms with Gasteiger partial charge < -0.3 is 5.73 Å². The number of hydrogen-bond acceptors (Lipinski definition) is 3. The van der Waals surface area contributed by atoms with E-state index in [1.165, 1.54) is 11.8 Å². The van der Waals surface area contributed by atoms with Crippen LogP contribution in [0.5, 0.6) is 0 Å². The van der Waals surface area contributed by atoms with Crippen molar-refractivity contribution in [3.63, 3.8) is 0 Å². The van der Waals surface area contributed by atoms with E-state index >= 15 is 0 Å². The summed E-state index contributed by atoms with van der Waals surface area (Å²) in [4.78, 5) is 10.2. The molecule has 0 radical (unpaired) electrons. The van der Waals surface area contributed by atoms with E-state index in [1.807, 2.05) is 6.92 Å². The molecule has 3 nitrogen and oxygen atoms in total. The van der Waals surface area contributed by atoms with Crippen LogP contribution in [0, 0.1) is 0 Å². The molecular formula is C5H10N2OS2. The number of thioether (sulfide) groups is 1. The fourth-order valence-corrected chi connectivity index (χ4v) is 1.24. The first-order valence-corrected chi connectivity index (χ1v) is 4.29. The van der Waals surface area contributed by atoms with E-state index in [4.69, 9.17) is 18.0 Å². The van der Waals surface area contributed by atoms with Crippen molar-refractivity contribution in [3.8, 4) is 0 Å². The SMILES string of the molecule is CCCSC(=S)NC(N)=O. The molecule has 2 amide bonds. The molecule has 0 unspecified atom stereocenters. The molecule has 0 saturated heterocycles. The number of hydrogen-bond donors (Lipinski definition) is 2. The van der Waals surface area contributed by atoms with Gasteiger partial charge in [0, 0.05) is 0 Å². The van der Waals surface area contributed by atoms with Crippen molar-refractivity contribution in [1.82, 2.24) is 5.32 Å². The molecule has 0 spiro atoms. The van der Waals surface area contributed by atoms with Crippen LogP contribution in [0.2, 0.25) is 0 Å². The first-order valence-electron chi connectivity index (χ1n) is 2.90. The highest BCUT2D eigenvalue weighted by Crippen LogP contribution is 2.02. The van der Waals surface area contributed by atoms with Gasteiger partial charge in [-0.3, -0.25) is 5.32 Å². The lowest BCUT2D eigenvalue weighted by atomic mass is 10.6. The second kappa shape index (κ2) is 5.49. The van der Waals surface area contributed by atoms with Crippen molar-refractivity contribution in [2.24, 2.45) is 5.73 Å². The maximum Gasteiger partial charge on any atom is 0.317 e. The Hall–Kier alpha value is -0.290. The molecule has 0 aromatic heterocycles. The zero-order chi connectivity index (χ0) is 7.98. The molecule has 0 rings (SSSR count). The Kier molecular flexibility index (Phi) is 5.33. The largest absolute Gasteiger partial charge is 0.351 e. The van der Waals surface area contributed by atoms with Gasteiger partial charge in [-0.15, -0.1) is 0 Å². The molecule has 5 heteroatoms. The summed E-state index contributed by atoms with van der Waals surface area (Å²) in [7, 11) is 0. The topological polar surface area (TPSA) is 55.1 Å². The van der Waals surface area contributed by atoms with Crippen LogP contribution in [0.4, 0.5) is 4.79 Å². The Morgan fingerprint density at radius 2 is 2.40 bits per heavy atom. The number of primary amides is 1. The van der Waals surface area contributed by atoms with E-state index in [0.29, 0.717) is 4.32 Å². The van der Waals surface area contributed by atoms with Gasteiger partial charge in [0.1, 0.15) is 4.32 Å². The third-order valence-electron chi connectivity index (χ3n) is 0.663. The highest BCUT2D eigenvalue weighted by Gasteiger charge is 1.97. The summed E-state index contributed by atoms with van der Waals surface area (Å²) in [6.07, 6.45) is 1.03. The predicted molar refractivity (Wildman–Crippen MR) is 48.1 cm³/mol. The molecule has 3 N–H and O–H groups in total. The summed E-state index contributed by atoms with van der Waals surface area (Å²) in [6, 6.07) is -0.589. The lowest BCUT2D eigenvalue weighted by molar-refractivity contribution is 0.253. The zero-order valence-electron chi connectivity index (χ0n) is 5.72. The van der Waals surface area contributed by atoms with Crippen molar-refractivity contribution < 1.29 is 4.79 Å². The summed E-state index contributed by atoms with van der Waals surface area (Å²) < 4.78 is 0.453. The Morgan fingerprint density at radius 1 is 1.80 bits per heavy atom. The number of rotatable bonds is 2. The fraction of sp³-hybridized carbons (Fsp3) is 0.600. The van der Waals surface area contributed by atoms with Crippen LogP contribution >= 0.6 is 24.0 Å². The van der Waals surface area contributed by atoms with E-state index in [9.17, 15) is 4.79 Å². The van der Waals surface area contributed by atoms with Crippen LogP contribution in [0.3, 0.4) is 0 Å². The maximum absolute atomic E-state index is 10.2. The van der Waals surface area contributed by atoms with Gasteiger partial charge in [-0.25, -0.2) is 4.79 Å². The van der Waals surface area contributed by atoms with Crippen molar-refractivity contribution in [2.75, 3.05) is 5.75 Å². The lowest BCUT2D eigenvalue weighted by Gasteiger charge is -2.00. The van der Waals surface area contributed by atoms with Crippen LogP contribution < -0.4 is 11.1 Å². The fourth-order valence-electron chi connectivity index (χ4n) is 0.331. The maximum atomic E-state index is 10.2. The van der Waals surface area contributed by atoms with Crippen LogP contribution in [-0.4, -0.2) is 16.1 Å². The molecule has 0 atom stereocenters. The highest BCUT2D eigenvalue weighted by atomic mass is 32.2. The second-order valence-electron chi connectivity index (χ2n) is 1.63. The zero-order valence-corrected chi connectivity index (χ0v) is 7.35. The van der Waals surface area contributed by atoms with Gasteiger partial charge in [-0.1, -0.05) is 30.9 Å². The van der Waals surface area contributed by atoms with Gasteiger partial charge in [0.25, 0.3) is 0 Å². The van der Waals surface area contributed by atoms with Gasteiger partial charge in [-0.05, 0) is 12.2 Å². The Morgan fingerprint density at radius 3 is 2.80 bits per heavy atom. The molecule has 0 aliphatic heterocycles. The normalized spacial score (nSPS) is 8.90. The quantitative estimate of drug-likeness (QED) is 0.622. The molecule has 0 heterocycles. The number of amides is 2. The van der Waals surface area contributed by atoms with Gasteiger partial charge in [0.05, 0.1) is 0 Å². The van der Waals surface area contributed by atoms with Crippen molar-refractivity contribution in [2.45, 2.75) is 13.3 Å². The van der Waals surface area contributed by atoms with Crippen molar-refractivity contribution >= 4 is 34.3 Å². The smallest absolute Gasteiger partial charge is 0.317 e. The molecule has 0 saturated carbocycles. The van der Waals surface area contributed by atoms with E-state index in [0.717, 1.165) is 12.2 Å². The summed E-state index contributed by atoms with van der Waals surface area (Å²) in [6.45, 7) is 2.04. The van der Waals surface area contributed by atoms with Crippen molar-refractivity contribution in [3.05, 3.63) is 0 Å². The predicted octanol–water partition coefficient (Wildman–Crippen LogP) is 1.08. The monoisotopic (exact) mass is 178 g/mol. The summed E-state index contributed by atoms with van der Waals surface area (Å²) >= 11 is 6.17. The second-order valence-corrected chi connectivity index (χ2v) is 3.40. The van der Waals surface area contributed by atoms with Crippen molar-refractivity contribution in [1.29, 1.82) is 0 Å². The number of carbonyl (C=O) groups is 1.